The van der Waals surface area contributed by atoms with E-state index >= 15 is 0 Å². The van der Waals surface area contributed by atoms with E-state index in [0.717, 1.165) is 25.1 Å². The summed E-state index contributed by atoms with van der Waals surface area (Å²) < 4.78 is 26.6. The molecule has 1 unspecified atom stereocenters. The minimum atomic E-state index is -0.553. The Morgan fingerprint density at radius 2 is 1.86 bits per heavy atom. The first-order valence-electron chi connectivity index (χ1n) is 7.41. The fourth-order valence-electron chi connectivity index (χ4n) is 1.88. The van der Waals surface area contributed by atoms with Gasteiger partial charge in [-0.2, -0.15) is 0 Å². The van der Waals surface area contributed by atoms with E-state index in [1.807, 2.05) is 13.8 Å². The summed E-state index contributed by atoms with van der Waals surface area (Å²) in [6, 6.07) is 3.70. The van der Waals surface area contributed by atoms with Crippen molar-refractivity contribution >= 4 is 29.9 Å². The third kappa shape index (κ3) is 7.38. The number of guanidine groups is 1. The summed E-state index contributed by atoms with van der Waals surface area (Å²) in [7, 11) is 0. The van der Waals surface area contributed by atoms with E-state index in [-0.39, 0.29) is 29.9 Å². The number of aliphatic imine (C=N–C) groups is 1. The number of benzene rings is 1. The summed E-state index contributed by atoms with van der Waals surface area (Å²) in [6.45, 7) is 10.1. The molecule has 0 aliphatic heterocycles. The van der Waals surface area contributed by atoms with E-state index in [0.29, 0.717) is 18.0 Å². The van der Waals surface area contributed by atoms with Gasteiger partial charge < -0.3 is 10.6 Å². The Labute approximate surface area is 149 Å². The van der Waals surface area contributed by atoms with Crippen LogP contribution >= 0.6 is 24.0 Å². The largest absolute Gasteiger partial charge is 0.357 e. The van der Waals surface area contributed by atoms with Gasteiger partial charge in [-0.25, -0.2) is 8.78 Å². The minimum absolute atomic E-state index is 0. The molecule has 2 N–H and O–H groups in total. The zero-order valence-electron chi connectivity index (χ0n) is 13.6. The molecule has 1 aromatic carbocycles. The van der Waals surface area contributed by atoms with Crippen LogP contribution in [0.5, 0.6) is 0 Å². The number of hydrogen-bond donors (Lipinski definition) is 2. The zero-order valence-corrected chi connectivity index (χ0v) is 15.9. The number of rotatable bonds is 6. The number of nitrogens with zero attached hydrogens (tertiary/aromatic N) is 1. The predicted octanol–water partition coefficient (Wildman–Crippen LogP) is 3.90. The van der Waals surface area contributed by atoms with Crippen LogP contribution in [0.15, 0.2) is 23.2 Å². The summed E-state index contributed by atoms with van der Waals surface area (Å²) in [4.78, 5) is 4.46. The van der Waals surface area contributed by atoms with Crippen LogP contribution in [0.25, 0.3) is 0 Å². The molecule has 1 atom stereocenters. The van der Waals surface area contributed by atoms with E-state index in [9.17, 15) is 8.78 Å². The van der Waals surface area contributed by atoms with Crippen molar-refractivity contribution < 1.29 is 8.78 Å². The Balaban J connectivity index is 0.00000441. The highest BCUT2D eigenvalue weighted by Crippen LogP contribution is 2.19. The highest BCUT2D eigenvalue weighted by Gasteiger charge is 2.12. The smallest absolute Gasteiger partial charge is 0.191 e. The standard InChI is InChI=1S/C16H25F2N3.HI/c1-5-19-16(20-9-11(2)3)21-10-12(4)14-7-6-13(17)8-15(14)18;/h6-8,11-12H,5,9-10H2,1-4H3,(H2,19,20,21);1H. The first-order chi connectivity index (χ1) is 9.93. The van der Waals surface area contributed by atoms with Crippen LogP contribution in [0, 0.1) is 17.6 Å². The molecule has 0 spiro atoms. The van der Waals surface area contributed by atoms with Gasteiger partial charge in [-0.1, -0.05) is 26.8 Å². The molecule has 1 rings (SSSR count). The van der Waals surface area contributed by atoms with E-state index < -0.39 is 11.6 Å². The number of nitrogens with one attached hydrogen (secondary N) is 2. The molecule has 0 aliphatic rings. The SMILES string of the molecule is CCNC(=NCC(C)C)NCC(C)c1ccc(F)cc1F.I. The minimum Gasteiger partial charge on any atom is -0.357 e. The van der Waals surface area contributed by atoms with Gasteiger partial charge in [0.05, 0.1) is 0 Å². The van der Waals surface area contributed by atoms with Crippen LogP contribution in [0.2, 0.25) is 0 Å². The van der Waals surface area contributed by atoms with Gasteiger partial charge in [-0.15, -0.1) is 24.0 Å². The van der Waals surface area contributed by atoms with Gasteiger partial charge >= 0.3 is 0 Å². The van der Waals surface area contributed by atoms with Gasteiger partial charge in [0.2, 0.25) is 0 Å². The average molecular weight is 425 g/mol. The van der Waals surface area contributed by atoms with Crippen molar-refractivity contribution in [1.29, 1.82) is 0 Å². The van der Waals surface area contributed by atoms with Crippen LogP contribution in [-0.4, -0.2) is 25.6 Å². The molecule has 0 aromatic heterocycles. The second kappa shape index (κ2) is 10.7. The van der Waals surface area contributed by atoms with Crippen LogP contribution in [0.1, 0.15) is 39.2 Å². The lowest BCUT2D eigenvalue weighted by molar-refractivity contribution is 0.555. The number of hydrogen-bond acceptors (Lipinski definition) is 1. The first kappa shape index (κ1) is 21.1. The molecule has 22 heavy (non-hydrogen) atoms. The molecule has 126 valence electrons. The average Bonchev–Trinajstić information content (AvgIpc) is 2.41. The van der Waals surface area contributed by atoms with Crippen molar-refractivity contribution in [1.82, 2.24) is 10.6 Å². The molecular formula is C16H26F2IN3. The van der Waals surface area contributed by atoms with Gasteiger partial charge in [0.1, 0.15) is 11.6 Å². The second-order valence-electron chi connectivity index (χ2n) is 5.56. The molecule has 6 heteroatoms. The van der Waals surface area contributed by atoms with Gasteiger partial charge in [0, 0.05) is 31.6 Å². The van der Waals surface area contributed by atoms with Gasteiger partial charge in [0.25, 0.3) is 0 Å². The predicted molar refractivity (Wildman–Crippen MR) is 99.0 cm³/mol. The molecule has 0 fully saturated rings. The molecule has 0 heterocycles. The molecule has 3 nitrogen and oxygen atoms in total. The van der Waals surface area contributed by atoms with Crippen LogP contribution in [0.4, 0.5) is 8.78 Å². The fraction of sp³-hybridized carbons (Fsp3) is 0.562. The van der Waals surface area contributed by atoms with Crippen LogP contribution in [0.3, 0.4) is 0 Å². The lowest BCUT2D eigenvalue weighted by Crippen LogP contribution is -2.39. The van der Waals surface area contributed by atoms with E-state index in [2.05, 4.69) is 29.5 Å². The third-order valence-electron chi connectivity index (χ3n) is 3.03. The second-order valence-corrected chi connectivity index (χ2v) is 5.56. The summed E-state index contributed by atoms with van der Waals surface area (Å²) in [5.41, 5.74) is 0.503. The van der Waals surface area contributed by atoms with Crippen LogP contribution < -0.4 is 10.6 Å². The summed E-state index contributed by atoms with van der Waals surface area (Å²) >= 11 is 0. The lowest BCUT2D eigenvalue weighted by atomic mass is 10.0. The Hall–Kier alpha value is -0.920. The molecule has 1 aromatic rings. The highest BCUT2D eigenvalue weighted by atomic mass is 127. The van der Waals surface area contributed by atoms with E-state index in [4.69, 9.17) is 0 Å². The zero-order chi connectivity index (χ0) is 15.8. The Kier molecular flexibility index (Phi) is 10.3. The van der Waals surface area contributed by atoms with Gasteiger partial charge in [-0.05, 0) is 24.5 Å². The van der Waals surface area contributed by atoms with Crippen molar-refractivity contribution in [2.45, 2.75) is 33.6 Å². The van der Waals surface area contributed by atoms with Crippen molar-refractivity contribution in [3.63, 3.8) is 0 Å². The van der Waals surface area contributed by atoms with Crippen molar-refractivity contribution in [2.75, 3.05) is 19.6 Å². The molecular weight excluding hydrogens is 399 g/mol. The van der Waals surface area contributed by atoms with E-state index in [1.54, 1.807) is 0 Å². The Morgan fingerprint density at radius 3 is 2.41 bits per heavy atom. The van der Waals surface area contributed by atoms with Crippen molar-refractivity contribution in [3.8, 4) is 0 Å². The molecule has 0 bridgehead atoms. The molecule has 0 amide bonds. The molecule has 0 radical (unpaired) electrons. The van der Waals surface area contributed by atoms with Crippen molar-refractivity contribution in [2.24, 2.45) is 10.9 Å². The lowest BCUT2D eigenvalue weighted by Gasteiger charge is -2.17. The summed E-state index contributed by atoms with van der Waals surface area (Å²) in [5.74, 6) is 0.0677. The van der Waals surface area contributed by atoms with Gasteiger partial charge in [0.15, 0.2) is 5.96 Å². The van der Waals surface area contributed by atoms with Crippen LogP contribution in [-0.2, 0) is 0 Å². The highest BCUT2D eigenvalue weighted by molar-refractivity contribution is 14.0. The maximum absolute atomic E-state index is 13.7. The summed E-state index contributed by atoms with van der Waals surface area (Å²) in [6.07, 6.45) is 0. The molecule has 0 saturated carbocycles. The molecule has 0 aliphatic carbocycles. The third-order valence-corrected chi connectivity index (χ3v) is 3.03. The fourth-order valence-corrected chi connectivity index (χ4v) is 1.88. The summed E-state index contributed by atoms with van der Waals surface area (Å²) in [5, 5.41) is 6.35. The number of halogens is 3. The maximum atomic E-state index is 13.7. The maximum Gasteiger partial charge on any atom is 0.191 e. The monoisotopic (exact) mass is 425 g/mol. The van der Waals surface area contributed by atoms with E-state index in [1.165, 1.54) is 12.1 Å². The first-order valence-corrected chi connectivity index (χ1v) is 7.41. The Bertz CT molecular complexity index is 478. The molecule has 0 saturated heterocycles. The normalized spacial score (nSPS) is 12.8. The Morgan fingerprint density at radius 1 is 1.18 bits per heavy atom. The topological polar surface area (TPSA) is 36.4 Å². The quantitative estimate of drug-likeness (QED) is 0.412. The van der Waals surface area contributed by atoms with Crippen molar-refractivity contribution in [3.05, 3.63) is 35.4 Å². The van der Waals surface area contributed by atoms with Gasteiger partial charge in [-0.3, -0.25) is 4.99 Å².